The lowest BCUT2D eigenvalue weighted by Crippen LogP contribution is -2.11. The predicted molar refractivity (Wildman–Crippen MR) is 74.8 cm³/mol. The summed E-state index contributed by atoms with van der Waals surface area (Å²) < 4.78 is 32.4. The van der Waals surface area contributed by atoms with Crippen LogP contribution < -0.4 is 4.74 Å². The fourth-order valence-corrected chi connectivity index (χ4v) is 4.31. The number of hydrogen-bond acceptors (Lipinski definition) is 1. The SMILES string of the molecule is COc1ccc(CCC2CCC3CCCC32)c(F)c1F. The summed E-state index contributed by atoms with van der Waals surface area (Å²) >= 11 is 0. The van der Waals surface area contributed by atoms with Crippen molar-refractivity contribution in [3.63, 3.8) is 0 Å². The molecule has 0 aliphatic heterocycles. The first-order valence-electron chi connectivity index (χ1n) is 7.71. The lowest BCUT2D eigenvalue weighted by atomic mass is 9.87. The monoisotopic (exact) mass is 280 g/mol. The zero-order valence-corrected chi connectivity index (χ0v) is 12.0. The maximum atomic E-state index is 13.9. The van der Waals surface area contributed by atoms with Gasteiger partial charge in [0.2, 0.25) is 5.82 Å². The number of hydrogen-bond donors (Lipinski definition) is 0. The molecule has 0 amide bonds. The fourth-order valence-electron chi connectivity index (χ4n) is 4.31. The van der Waals surface area contributed by atoms with Crippen molar-refractivity contribution in [3.05, 3.63) is 29.3 Å². The summed E-state index contributed by atoms with van der Waals surface area (Å²) in [6.07, 6.45) is 8.33. The van der Waals surface area contributed by atoms with Crippen LogP contribution in [0.5, 0.6) is 5.75 Å². The molecule has 0 spiro atoms. The van der Waals surface area contributed by atoms with Gasteiger partial charge in [0, 0.05) is 0 Å². The molecule has 2 aliphatic rings. The molecule has 2 fully saturated rings. The minimum Gasteiger partial charge on any atom is -0.494 e. The topological polar surface area (TPSA) is 9.23 Å². The Morgan fingerprint density at radius 1 is 1.10 bits per heavy atom. The van der Waals surface area contributed by atoms with Crippen LogP contribution in [0.4, 0.5) is 8.78 Å². The van der Waals surface area contributed by atoms with Crippen LogP contribution in [0.15, 0.2) is 12.1 Å². The van der Waals surface area contributed by atoms with Crippen molar-refractivity contribution in [3.8, 4) is 5.75 Å². The average Bonchev–Trinajstić information content (AvgIpc) is 3.04. The van der Waals surface area contributed by atoms with Crippen LogP contribution >= 0.6 is 0 Å². The van der Waals surface area contributed by atoms with Crippen molar-refractivity contribution in [2.45, 2.75) is 44.9 Å². The van der Waals surface area contributed by atoms with Crippen LogP contribution in [0.2, 0.25) is 0 Å². The van der Waals surface area contributed by atoms with Crippen LogP contribution in [-0.2, 0) is 6.42 Å². The summed E-state index contributed by atoms with van der Waals surface area (Å²) in [7, 11) is 1.36. The number of fused-ring (bicyclic) bond motifs is 1. The molecule has 1 aromatic carbocycles. The summed E-state index contributed by atoms with van der Waals surface area (Å²) in [6.45, 7) is 0. The summed E-state index contributed by atoms with van der Waals surface area (Å²) in [5, 5.41) is 0. The van der Waals surface area contributed by atoms with E-state index in [1.165, 1.54) is 45.3 Å². The van der Waals surface area contributed by atoms with Gasteiger partial charge in [-0.25, -0.2) is 4.39 Å². The Labute approximate surface area is 119 Å². The van der Waals surface area contributed by atoms with E-state index in [-0.39, 0.29) is 5.75 Å². The molecular formula is C17H22F2O. The number of benzene rings is 1. The van der Waals surface area contributed by atoms with Crippen molar-refractivity contribution in [1.82, 2.24) is 0 Å². The van der Waals surface area contributed by atoms with Crippen LogP contribution in [0.25, 0.3) is 0 Å². The molecule has 2 aliphatic carbocycles. The zero-order valence-electron chi connectivity index (χ0n) is 12.0. The second-order valence-corrected chi connectivity index (χ2v) is 6.29. The van der Waals surface area contributed by atoms with E-state index in [2.05, 4.69) is 0 Å². The Morgan fingerprint density at radius 2 is 1.95 bits per heavy atom. The van der Waals surface area contributed by atoms with Gasteiger partial charge in [0.25, 0.3) is 0 Å². The lowest BCUT2D eigenvalue weighted by molar-refractivity contribution is 0.332. The normalized spacial score (nSPS) is 28.6. The van der Waals surface area contributed by atoms with Gasteiger partial charge < -0.3 is 4.74 Å². The molecule has 3 atom stereocenters. The lowest BCUT2D eigenvalue weighted by Gasteiger charge is -2.18. The highest BCUT2D eigenvalue weighted by molar-refractivity contribution is 5.31. The van der Waals surface area contributed by atoms with E-state index in [9.17, 15) is 8.78 Å². The molecule has 0 radical (unpaired) electrons. The average molecular weight is 280 g/mol. The first-order valence-corrected chi connectivity index (χ1v) is 7.71. The van der Waals surface area contributed by atoms with Crippen LogP contribution in [-0.4, -0.2) is 7.11 Å². The molecule has 0 bridgehead atoms. The van der Waals surface area contributed by atoms with E-state index in [4.69, 9.17) is 4.74 Å². The third kappa shape index (κ3) is 2.43. The summed E-state index contributed by atoms with van der Waals surface area (Å²) in [4.78, 5) is 0. The van der Waals surface area contributed by atoms with Gasteiger partial charge in [-0.1, -0.05) is 18.9 Å². The predicted octanol–water partition coefficient (Wildman–Crippen LogP) is 4.73. The van der Waals surface area contributed by atoms with Gasteiger partial charge in [0.05, 0.1) is 7.11 Å². The summed E-state index contributed by atoms with van der Waals surface area (Å²) in [5.74, 6) is 0.883. The molecule has 0 saturated heterocycles. The molecular weight excluding hydrogens is 258 g/mol. The third-order valence-corrected chi connectivity index (χ3v) is 5.36. The Hall–Kier alpha value is -1.12. The number of rotatable bonds is 4. The largest absolute Gasteiger partial charge is 0.494 e. The second kappa shape index (κ2) is 5.71. The van der Waals surface area contributed by atoms with E-state index in [1.54, 1.807) is 6.07 Å². The maximum Gasteiger partial charge on any atom is 0.200 e. The van der Waals surface area contributed by atoms with E-state index in [0.717, 1.165) is 18.3 Å². The Kier molecular flexibility index (Phi) is 3.95. The van der Waals surface area contributed by atoms with Crippen molar-refractivity contribution in [2.24, 2.45) is 17.8 Å². The van der Waals surface area contributed by atoms with Crippen molar-refractivity contribution < 1.29 is 13.5 Å². The zero-order chi connectivity index (χ0) is 14.1. The van der Waals surface area contributed by atoms with Crippen LogP contribution in [0.3, 0.4) is 0 Å². The van der Waals surface area contributed by atoms with Crippen molar-refractivity contribution >= 4 is 0 Å². The molecule has 3 unspecified atom stereocenters. The number of aryl methyl sites for hydroxylation is 1. The van der Waals surface area contributed by atoms with Crippen LogP contribution in [0, 0.1) is 29.4 Å². The van der Waals surface area contributed by atoms with E-state index < -0.39 is 11.6 Å². The molecule has 0 N–H and O–H groups in total. The molecule has 3 heteroatoms. The number of halogens is 2. The van der Waals surface area contributed by atoms with E-state index in [1.807, 2.05) is 0 Å². The second-order valence-electron chi connectivity index (χ2n) is 6.29. The quantitative estimate of drug-likeness (QED) is 0.774. The molecule has 0 aromatic heterocycles. The first-order chi connectivity index (χ1) is 9.70. The summed E-state index contributed by atoms with van der Waals surface area (Å²) in [5.41, 5.74) is 0.491. The Balaban J connectivity index is 1.65. The van der Waals surface area contributed by atoms with Gasteiger partial charge in [-0.05, 0) is 61.5 Å². The Bertz CT molecular complexity index is 486. The van der Waals surface area contributed by atoms with Crippen LogP contribution in [0.1, 0.15) is 44.1 Å². The van der Waals surface area contributed by atoms with Gasteiger partial charge in [-0.3, -0.25) is 0 Å². The highest BCUT2D eigenvalue weighted by Gasteiger charge is 2.38. The highest BCUT2D eigenvalue weighted by Crippen LogP contribution is 2.49. The van der Waals surface area contributed by atoms with Crippen molar-refractivity contribution in [1.29, 1.82) is 0 Å². The van der Waals surface area contributed by atoms with Gasteiger partial charge in [-0.15, -0.1) is 0 Å². The molecule has 1 aromatic rings. The summed E-state index contributed by atoms with van der Waals surface area (Å²) in [6, 6.07) is 3.19. The Morgan fingerprint density at radius 3 is 2.75 bits per heavy atom. The van der Waals surface area contributed by atoms with Crippen molar-refractivity contribution in [2.75, 3.05) is 7.11 Å². The van der Waals surface area contributed by atoms with Gasteiger partial charge in [-0.2, -0.15) is 4.39 Å². The molecule has 110 valence electrons. The van der Waals surface area contributed by atoms with Gasteiger partial charge >= 0.3 is 0 Å². The van der Waals surface area contributed by atoms with Gasteiger partial charge in [0.1, 0.15) is 0 Å². The molecule has 1 nitrogen and oxygen atoms in total. The highest BCUT2D eigenvalue weighted by atomic mass is 19.2. The van der Waals surface area contributed by atoms with E-state index >= 15 is 0 Å². The maximum absolute atomic E-state index is 13.9. The standard InChI is InChI=1S/C17H22F2O/c1-20-15-10-9-13(16(18)17(15)19)8-7-12-6-5-11-3-2-4-14(11)12/h9-12,14H,2-8H2,1H3. The third-order valence-electron chi connectivity index (χ3n) is 5.36. The molecule has 20 heavy (non-hydrogen) atoms. The smallest absolute Gasteiger partial charge is 0.200 e. The van der Waals surface area contributed by atoms with Gasteiger partial charge in [0.15, 0.2) is 11.6 Å². The van der Waals surface area contributed by atoms with E-state index in [0.29, 0.717) is 17.9 Å². The molecule has 0 heterocycles. The number of ether oxygens (including phenoxy) is 1. The molecule has 3 rings (SSSR count). The first kappa shape index (κ1) is 13.8. The molecule has 2 saturated carbocycles. The minimum atomic E-state index is -0.852. The fraction of sp³-hybridized carbons (Fsp3) is 0.647. The minimum absolute atomic E-state index is 0.0111. The number of methoxy groups -OCH3 is 1.